The van der Waals surface area contributed by atoms with Gasteiger partial charge in [0.25, 0.3) is 0 Å². The Kier molecular flexibility index (Phi) is 3.49. The largest absolute Gasteiger partial charge is 0.367 e. The van der Waals surface area contributed by atoms with Crippen LogP contribution in [0.15, 0.2) is 24.5 Å². The molecule has 1 saturated carbocycles. The van der Waals surface area contributed by atoms with Crippen molar-refractivity contribution in [3.05, 3.63) is 24.5 Å². The van der Waals surface area contributed by atoms with E-state index in [0.29, 0.717) is 6.04 Å². The smallest absolute Gasteiger partial charge is 0.0752 e. The Morgan fingerprint density at radius 2 is 2.29 bits per heavy atom. The molecule has 0 radical (unpaired) electrons. The average molecular weight is 286 g/mol. The van der Waals surface area contributed by atoms with Gasteiger partial charge < -0.3 is 10.2 Å². The highest BCUT2D eigenvalue weighted by Crippen LogP contribution is 2.43. The number of allylic oxidation sites excluding steroid dienone is 2. The van der Waals surface area contributed by atoms with Gasteiger partial charge >= 0.3 is 0 Å². The molecule has 2 bridgehead atoms. The molecule has 114 valence electrons. The van der Waals surface area contributed by atoms with Gasteiger partial charge in [-0.25, -0.2) is 0 Å². The predicted octanol–water partition coefficient (Wildman–Crippen LogP) is 2.19. The molecule has 0 spiro atoms. The molecule has 1 saturated heterocycles. The highest BCUT2D eigenvalue weighted by Gasteiger charge is 2.35. The van der Waals surface area contributed by atoms with Gasteiger partial charge in [-0.3, -0.25) is 4.68 Å². The molecule has 1 N–H and O–H groups in total. The molecule has 0 aromatic carbocycles. The van der Waals surface area contributed by atoms with Crippen molar-refractivity contribution in [2.75, 3.05) is 24.5 Å². The van der Waals surface area contributed by atoms with Crippen molar-refractivity contribution in [3.8, 4) is 0 Å². The second-order valence-corrected chi connectivity index (χ2v) is 7.11. The summed E-state index contributed by atoms with van der Waals surface area (Å²) >= 11 is 0. The number of hydrogen-bond donors (Lipinski definition) is 1. The molecule has 4 atom stereocenters. The quantitative estimate of drug-likeness (QED) is 0.861. The van der Waals surface area contributed by atoms with Crippen molar-refractivity contribution >= 4 is 5.69 Å². The van der Waals surface area contributed by atoms with Gasteiger partial charge in [0.05, 0.1) is 11.9 Å². The third kappa shape index (κ3) is 2.73. The Morgan fingerprint density at radius 3 is 3.00 bits per heavy atom. The van der Waals surface area contributed by atoms with Crippen LogP contribution in [0.3, 0.4) is 0 Å². The fourth-order valence-electron chi connectivity index (χ4n) is 4.40. The first kappa shape index (κ1) is 13.4. The summed E-state index contributed by atoms with van der Waals surface area (Å²) in [5, 5.41) is 8.15. The number of fused-ring (bicyclic) bond motifs is 2. The van der Waals surface area contributed by atoms with Crippen LogP contribution in [0.4, 0.5) is 5.69 Å². The average Bonchev–Trinajstić information content (AvgIpc) is 3.21. The Hall–Kier alpha value is -1.29. The number of hydrogen-bond acceptors (Lipinski definition) is 3. The number of piperidine rings is 1. The van der Waals surface area contributed by atoms with Crippen LogP contribution in [0.2, 0.25) is 0 Å². The van der Waals surface area contributed by atoms with Gasteiger partial charge in [0.2, 0.25) is 0 Å². The van der Waals surface area contributed by atoms with E-state index in [-0.39, 0.29) is 0 Å². The zero-order chi connectivity index (χ0) is 14.2. The molecule has 3 aliphatic rings. The van der Waals surface area contributed by atoms with E-state index in [1.807, 2.05) is 17.9 Å². The lowest BCUT2D eigenvalue weighted by atomic mass is 9.93. The molecule has 2 aliphatic carbocycles. The normalized spacial score (nSPS) is 34.8. The molecule has 1 aromatic heterocycles. The molecular formula is C17H26N4. The van der Waals surface area contributed by atoms with Crippen LogP contribution in [-0.4, -0.2) is 35.5 Å². The van der Waals surface area contributed by atoms with E-state index in [0.717, 1.165) is 24.3 Å². The molecule has 1 aromatic rings. The third-order valence-electron chi connectivity index (χ3n) is 5.56. The molecule has 4 heteroatoms. The van der Waals surface area contributed by atoms with Crippen molar-refractivity contribution in [1.82, 2.24) is 15.1 Å². The molecular weight excluding hydrogens is 260 g/mol. The molecule has 0 amide bonds. The third-order valence-corrected chi connectivity index (χ3v) is 5.56. The summed E-state index contributed by atoms with van der Waals surface area (Å²) < 4.78 is 1.90. The van der Waals surface area contributed by atoms with Crippen LogP contribution >= 0.6 is 0 Å². The number of anilines is 1. The van der Waals surface area contributed by atoms with Crippen LogP contribution in [0.25, 0.3) is 0 Å². The maximum Gasteiger partial charge on any atom is 0.0752 e. The summed E-state index contributed by atoms with van der Waals surface area (Å²) in [5.41, 5.74) is 1.27. The first-order chi connectivity index (χ1) is 10.3. The van der Waals surface area contributed by atoms with Crippen molar-refractivity contribution in [1.29, 1.82) is 0 Å². The van der Waals surface area contributed by atoms with E-state index in [2.05, 4.69) is 33.7 Å². The van der Waals surface area contributed by atoms with E-state index in [4.69, 9.17) is 0 Å². The van der Waals surface area contributed by atoms with Gasteiger partial charge in [-0.05, 0) is 50.0 Å². The minimum absolute atomic E-state index is 0.641. The van der Waals surface area contributed by atoms with Gasteiger partial charge in [-0.2, -0.15) is 5.10 Å². The maximum absolute atomic E-state index is 4.30. The molecule has 4 rings (SSSR count). The summed E-state index contributed by atoms with van der Waals surface area (Å²) in [6, 6.07) is 0.641. The number of nitrogens with zero attached hydrogens (tertiary/aromatic N) is 3. The summed E-state index contributed by atoms with van der Waals surface area (Å²) in [6.45, 7) is 3.50. The van der Waals surface area contributed by atoms with Gasteiger partial charge in [0.15, 0.2) is 0 Å². The Balaban J connectivity index is 1.30. The summed E-state index contributed by atoms with van der Waals surface area (Å²) in [4.78, 5) is 2.48. The molecule has 2 heterocycles. The second-order valence-electron chi connectivity index (χ2n) is 7.11. The lowest BCUT2D eigenvalue weighted by Crippen LogP contribution is -2.47. The van der Waals surface area contributed by atoms with Gasteiger partial charge in [-0.1, -0.05) is 12.2 Å². The topological polar surface area (TPSA) is 33.1 Å². The van der Waals surface area contributed by atoms with Crippen LogP contribution in [0.1, 0.15) is 25.7 Å². The zero-order valence-electron chi connectivity index (χ0n) is 12.9. The van der Waals surface area contributed by atoms with E-state index < -0.39 is 0 Å². The van der Waals surface area contributed by atoms with Crippen LogP contribution in [0.5, 0.6) is 0 Å². The van der Waals surface area contributed by atoms with Crippen LogP contribution < -0.4 is 10.2 Å². The predicted molar refractivity (Wildman–Crippen MR) is 85.3 cm³/mol. The van der Waals surface area contributed by atoms with Gasteiger partial charge in [0, 0.05) is 32.4 Å². The number of aromatic nitrogens is 2. The highest BCUT2D eigenvalue weighted by molar-refractivity contribution is 5.42. The molecule has 0 unspecified atom stereocenters. The Morgan fingerprint density at radius 1 is 1.33 bits per heavy atom. The minimum atomic E-state index is 0.641. The number of nitrogens with one attached hydrogen (secondary N) is 1. The first-order valence-electron chi connectivity index (χ1n) is 8.43. The van der Waals surface area contributed by atoms with Crippen molar-refractivity contribution in [2.45, 2.75) is 31.7 Å². The molecule has 4 nitrogen and oxygen atoms in total. The van der Waals surface area contributed by atoms with Crippen LogP contribution in [-0.2, 0) is 7.05 Å². The highest BCUT2D eigenvalue weighted by atomic mass is 15.3. The van der Waals surface area contributed by atoms with E-state index in [9.17, 15) is 0 Å². The lowest BCUT2D eigenvalue weighted by molar-refractivity contribution is 0.354. The van der Waals surface area contributed by atoms with Gasteiger partial charge in [-0.15, -0.1) is 0 Å². The Bertz CT molecular complexity index is 521. The monoisotopic (exact) mass is 286 g/mol. The van der Waals surface area contributed by atoms with E-state index in [1.165, 1.54) is 44.5 Å². The number of rotatable bonds is 4. The molecule has 1 aliphatic heterocycles. The minimum Gasteiger partial charge on any atom is -0.367 e. The summed E-state index contributed by atoms with van der Waals surface area (Å²) in [6.07, 6.45) is 14.4. The zero-order valence-corrected chi connectivity index (χ0v) is 12.9. The standard InChI is InChI=1S/C17H26N4/c1-20-12-17(10-19-20)21-6-2-3-16(11-21)18-9-15-8-13-4-5-14(15)7-13/h4-5,10,12-16,18H,2-3,6-9,11H2,1H3/t13-,14-,15-,16-/m0/s1. The first-order valence-corrected chi connectivity index (χ1v) is 8.43. The lowest BCUT2D eigenvalue weighted by Gasteiger charge is -2.35. The fourth-order valence-corrected chi connectivity index (χ4v) is 4.40. The van der Waals surface area contributed by atoms with Crippen molar-refractivity contribution in [3.63, 3.8) is 0 Å². The van der Waals surface area contributed by atoms with E-state index >= 15 is 0 Å². The van der Waals surface area contributed by atoms with E-state index in [1.54, 1.807) is 0 Å². The second kappa shape index (κ2) is 5.48. The SMILES string of the molecule is Cn1cc(N2CCC[C@H](NC[C@@H]3C[C@H]4C=C[C@H]3C4)C2)cn1. The summed E-state index contributed by atoms with van der Waals surface area (Å²) in [7, 11) is 1.99. The molecule has 21 heavy (non-hydrogen) atoms. The molecule has 2 fully saturated rings. The van der Waals surface area contributed by atoms with Crippen LogP contribution in [0, 0.1) is 17.8 Å². The number of aryl methyl sites for hydroxylation is 1. The maximum atomic E-state index is 4.30. The fraction of sp³-hybridized carbons (Fsp3) is 0.706. The van der Waals surface area contributed by atoms with Gasteiger partial charge in [0.1, 0.15) is 0 Å². The van der Waals surface area contributed by atoms with Crippen molar-refractivity contribution in [2.24, 2.45) is 24.8 Å². The Labute approximate surface area is 127 Å². The van der Waals surface area contributed by atoms with Crippen molar-refractivity contribution < 1.29 is 0 Å². The summed E-state index contributed by atoms with van der Waals surface area (Å²) in [5.74, 6) is 2.63.